The highest BCUT2D eigenvalue weighted by Gasteiger charge is 2.21. The van der Waals surface area contributed by atoms with Gasteiger partial charge in [-0.2, -0.15) is 5.10 Å². The zero-order valence-electron chi connectivity index (χ0n) is 10.1. The van der Waals surface area contributed by atoms with Crippen molar-refractivity contribution in [2.24, 2.45) is 0 Å². The van der Waals surface area contributed by atoms with Crippen LogP contribution in [0.5, 0.6) is 0 Å². The van der Waals surface area contributed by atoms with E-state index in [1.807, 2.05) is 6.92 Å². The molecule has 2 rings (SSSR count). The Morgan fingerprint density at radius 2 is 2.33 bits per heavy atom. The molecule has 0 atom stereocenters. The van der Waals surface area contributed by atoms with Crippen LogP contribution >= 0.6 is 0 Å². The number of carbonyl (C=O) groups excluding carboxylic acids is 1. The van der Waals surface area contributed by atoms with Gasteiger partial charge in [-0.1, -0.05) is 6.92 Å². The molecule has 7 nitrogen and oxygen atoms in total. The van der Waals surface area contributed by atoms with E-state index in [0.29, 0.717) is 18.1 Å². The summed E-state index contributed by atoms with van der Waals surface area (Å²) >= 11 is 0. The Labute approximate surface area is 104 Å². The molecule has 7 heteroatoms. The zero-order chi connectivity index (χ0) is 13.1. The van der Waals surface area contributed by atoms with Gasteiger partial charge in [0.2, 0.25) is 0 Å². The molecule has 94 valence electrons. The van der Waals surface area contributed by atoms with Gasteiger partial charge in [-0.05, 0) is 12.1 Å². The minimum absolute atomic E-state index is 0.0972. The number of hydrogen-bond donors (Lipinski definition) is 1. The van der Waals surface area contributed by atoms with Crippen LogP contribution in [0.1, 0.15) is 23.2 Å². The summed E-state index contributed by atoms with van der Waals surface area (Å²) in [5, 5.41) is 7.74. The molecule has 0 aliphatic rings. The summed E-state index contributed by atoms with van der Waals surface area (Å²) in [6.07, 6.45) is 2.17. The summed E-state index contributed by atoms with van der Waals surface area (Å²) in [5.74, 6) is 0.798. The van der Waals surface area contributed by atoms with Crippen LogP contribution in [-0.2, 0) is 11.2 Å². The van der Waals surface area contributed by atoms with Crippen molar-refractivity contribution in [3.63, 3.8) is 0 Å². The van der Waals surface area contributed by atoms with Crippen LogP contribution < -0.4 is 5.73 Å². The van der Waals surface area contributed by atoms with E-state index >= 15 is 0 Å². The third-order valence-corrected chi connectivity index (χ3v) is 2.46. The number of rotatable bonds is 3. The van der Waals surface area contributed by atoms with Crippen molar-refractivity contribution in [3.8, 4) is 5.82 Å². The SMILES string of the molecule is CCc1nc(C(=O)OC)c(N)n1-c1cccnn1. The average Bonchev–Trinajstić information content (AvgIpc) is 2.75. The van der Waals surface area contributed by atoms with Crippen LogP contribution in [0.15, 0.2) is 18.3 Å². The van der Waals surface area contributed by atoms with E-state index in [-0.39, 0.29) is 11.5 Å². The van der Waals surface area contributed by atoms with E-state index in [1.54, 1.807) is 22.9 Å². The summed E-state index contributed by atoms with van der Waals surface area (Å²) in [7, 11) is 1.29. The monoisotopic (exact) mass is 247 g/mol. The second kappa shape index (κ2) is 4.82. The number of nitrogens with zero attached hydrogens (tertiary/aromatic N) is 4. The number of nitrogen functional groups attached to an aromatic ring is 1. The molecule has 0 amide bonds. The molecule has 0 radical (unpaired) electrons. The number of anilines is 1. The number of carbonyl (C=O) groups is 1. The molecule has 2 N–H and O–H groups in total. The predicted octanol–water partition coefficient (Wildman–Crippen LogP) is 0.594. The van der Waals surface area contributed by atoms with Gasteiger partial charge in [-0.15, -0.1) is 5.10 Å². The second-order valence-corrected chi connectivity index (χ2v) is 3.52. The first-order valence-corrected chi connectivity index (χ1v) is 5.42. The molecule has 0 aromatic carbocycles. The van der Waals surface area contributed by atoms with Crippen molar-refractivity contribution < 1.29 is 9.53 Å². The molecule has 18 heavy (non-hydrogen) atoms. The third kappa shape index (κ3) is 1.90. The Morgan fingerprint density at radius 3 is 2.89 bits per heavy atom. The fraction of sp³-hybridized carbons (Fsp3) is 0.273. The van der Waals surface area contributed by atoms with Crippen molar-refractivity contribution in [1.82, 2.24) is 19.7 Å². The molecule has 0 unspecified atom stereocenters. The smallest absolute Gasteiger partial charge is 0.360 e. The van der Waals surface area contributed by atoms with Crippen molar-refractivity contribution in [2.45, 2.75) is 13.3 Å². The first-order chi connectivity index (χ1) is 8.69. The summed E-state index contributed by atoms with van der Waals surface area (Å²) in [4.78, 5) is 15.7. The molecule has 2 heterocycles. The molecular weight excluding hydrogens is 234 g/mol. The first kappa shape index (κ1) is 12.0. The molecule has 0 fully saturated rings. The topological polar surface area (TPSA) is 95.9 Å². The van der Waals surface area contributed by atoms with Gasteiger partial charge < -0.3 is 10.5 Å². The Morgan fingerprint density at radius 1 is 1.56 bits per heavy atom. The van der Waals surface area contributed by atoms with E-state index in [4.69, 9.17) is 5.73 Å². The summed E-state index contributed by atoms with van der Waals surface area (Å²) in [6.45, 7) is 1.91. The third-order valence-electron chi connectivity index (χ3n) is 2.46. The highest BCUT2D eigenvalue weighted by Crippen LogP contribution is 2.20. The molecule has 0 bridgehead atoms. The lowest BCUT2D eigenvalue weighted by Gasteiger charge is -2.06. The Hall–Kier alpha value is -2.44. The van der Waals surface area contributed by atoms with E-state index < -0.39 is 5.97 Å². The molecule has 2 aromatic heterocycles. The minimum Gasteiger partial charge on any atom is -0.464 e. The number of methoxy groups -OCH3 is 1. The van der Waals surface area contributed by atoms with E-state index in [9.17, 15) is 4.79 Å². The number of imidazole rings is 1. The molecule has 0 saturated heterocycles. The standard InChI is InChI=1S/C11H13N5O2/c1-3-7-14-9(11(17)18-2)10(12)16(7)8-5-4-6-13-15-8/h4-6H,3,12H2,1-2H3. The number of ether oxygens (including phenoxy) is 1. The number of hydrogen-bond acceptors (Lipinski definition) is 6. The van der Waals surface area contributed by atoms with E-state index in [0.717, 1.165) is 0 Å². The number of aryl methyl sites for hydroxylation is 1. The first-order valence-electron chi connectivity index (χ1n) is 5.42. The van der Waals surface area contributed by atoms with Crippen molar-refractivity contribution in [1.29, 1.82) is 0 Å². The molecule has 0 aliphatic carbocycles. The van der Waals surface area contributed by atoms with Crippen LogP contribution in [0.3, 0.4) is 0 Å². The second-order valence-electron chi connectivity index (χ2n) is 3.52. The molecule has 2 aromatic rings. The van der Waals surface area contributed by atoms with Crippen molar-refractivity contribution >= 4 is 11.8 Å². The summed E-state index contributed by atoms with van der Waals surface area (Å²) in [5.41, 5.74) is 6.02. The Kier molecular flexibility index (Phi) is 3.22. The highest BCUT2D eigenvalue weighted by atomic mass is 16.5. The zero-order valence-corrected chi connectivity index (χ0v) is 10.1. The van der Waals surface area contributed by atoms with Gasteiger partial charge in [0.1, 0.15) is 11.6 Å². The van der Waals surface area contributed by atoms with Gasteiger partial charge in [0.05, 0.1) is 7.11 Å². The maximum atomic E-state index is 11.5. The molecule has 0 saturated carbocycles. The summed E-state index contributed by atoms with van der Waals surface area (Å²) in [6, 6.07) is 3.48. The number of esters is 1. The fourth-order valence-corrected chi connectivity index (χ4v) is 1.63. The van der Waals surface area contributed by atoms with Crippen molar-refractivity contribution in [2.75, 3.05) is 12.8 Å². The van der Waals surface area contributed by atoms with Crippen LogP contribution in [0.2, 0.25) is 0 Å². The largest absolute Gasteiger partial charge is 0.464 e. The van der Waals surface area contributed by atoms with Gasteiger partial charge in [-0.3, -0.25) is 4.57 Å². The van der Waals surface area contributed by atoms with Gasteiger partial charge in [-0.25, -0.2) is 9.78 Å². The lowest BCUT2D eigenvalue weighted by Crippen LogP contribution is -2.09. The van der Waals surface area contributed by atoms with Gasteiger partial charge in [0.25, 0.3) is 0 Å². The molecule has 0 aliphatic heterocycles. The number of aromatic nitrogens is 4. The highest BCUT2D eigenvalue weighted by molar-refractivity contribution is 5.92. The van der Waals surface area contributed by atoms with Crippen LogP contribution in [-0.4, -0.2) is 32.8 Å². The quantitative estimate of drug-likeness (QED) is 0.797. The Bertz CT molecular complexity index is 564. The number of nitrogens with two attached hydrogens (primary N) is 1. The maximum Gasteiger partial charge on any atom is 0.360 e. The maximum absolute atomic E-state index is 11.5. The predicted molar refractivity (Wildman–Crippen MR) is 64.3 cm³/mol. The lowest BCUT2D eigenvalue weighted by molar-refractivity contribution is 0.0596. The van der Waals surface area contributed by atoms with E-state index in [1.165, 1.54) is 7.11 Å². The van der Waals surface area contributed by atoms with Gasteiger partial charge in [0.15, 0.2) is 11.5 Å². The Balaban J connectivity index is 2.60. The average molecular weight is 247 g/mol. The van der Waals surface area contributed by atoms with Crippen LogP contribution in [0.4, 0.5) is 5.82 Å². The van der Waals surface area contributed by atoms with Gasteiger partial charge in [0, 0.05) is 12.6 Å². The van der Waals surface area contributed by atoms with Crippen LogP contribution in [0, 0.1) is 0 Å². The fourth-order valence-electron chi connectivity index (χ4n) is 1.63. The molecular formula is C11H13N5O2. The lowest BCUT2D eigenvalue weighted by atomic mass is 10.4. The van der Waals surface area contributed by atoms with Crippen molar-refractivity contribution in [3.05, 3.63) is 29.8 Å². The van der Waals surface area contributed by atoms with Crippen LogP contribution in [0.25, 0.3) is 5.82 Å². The normalized spacial score (nSPS) is 10.3. The minimum atomic E-state index is -0.565. The summed E-state index contributed by atoms with van der Waals surface area (Å²) < 4.78 is 6.23. The van der Waals surface area contributed by atoms with E-state index in [2.05, 4.69) is 19.9 Å². The van der Waals surface area contributed by atoms with Gasteiger partial charge >= 0.3 is 5.97 Å². The molecule has 0 spiro atoms.